The Balaban J connectivity index is -0.0000000569. The van der Waals surface area contributed by atoms with E-state index in [0.29, 0.717) is 13.2 Å². The molecule has 0 aromatic heterocycles. The zero-order valence-corrected chi connectivity index (χ0v) is 8.09. The molecule has 0 aromatic carbocycles. The van der Waals surface area contributed by atoms with E-state index in [1.807, 2.05) is 6.92 Å². The van der Waals surface area contributed by atoms with Crippen LogP contribution >= 0.6 is 0 Å². The largest absolute Gasteiger partial charge is 0.373 e. The summed E-state index contributed by atoms with van der Waals surface area (Å²) < 4.78 is 4.90. The molecule has 0 heterocycles. The van der Waals surface area contributed by atoms with Crippen LogP contribution in [0.5, 0.6) is 0 Å². The summed E-state index contributed by atoms with van der Waals surface area (Å²) in [6.45, 7) is 13.4. The van der Waals surface area contributed by atoms with Crippen molar-refractivity contribution < 1.29 is 4.74 Å². The second-order valence-electron chi connectivity index (χ2n) is 1.52. The average Bonchev–Trinajstić information content (AvgIpc) is 1.91. The molecular formula is C9H22N2O. The third-order valence-electron chi connectivity index (χ3n) is 0.471. The Hall–Kier alpha value is -0.900. The van der Waals surface area contributed by atoms with Crippen molar-refractivity contribution in [3.63, 3.8) is 0 Å². The minimum absolute atomic E-state index is 0. The molecule has 0 unspecified atom stereocenters. The predicted octanol–water partition coefficient (Wildman–Crippen LogP) is 2.89. The summed E-state index contributed by atoms with van der Waals surface area (Å²) >= 11 is 0. The second-order valence-corrected chi connectivity index (χ2v) is 1.52. The maximum Gasteiger partial charge on any atom is 0.0649 e. The Morgan fingerprint density at radius 2 is 1.25 bits per heavy atom. The normalized spacial score (nSPS) is 5.75. The Labute approximate surface area is 76.0 Å². The first-order valence-electron chi connectivity index (χ1n) is 3.20. The van der Waals surface area contributed by atoms with E-state index in [0.717, 1.165) is 0 Å². The van der Waals surface area contributed by atoms with Gasteiger partial charge in [0.05, 0.1) is 13.2 Å². The molecular weight excluding hydrogens is 152 g/mol. The molecule has 0 spiro atoms. The van der Waals surface area contributed by atoms with Crippen molar-refractivity contribution >= 4 is 0 Å². The summed E-state index contributed by atoms with van der Waals surface area (Å²) in [6.07, 6.45) is 5.17. The van der Waals surface area contributed by atoms with Crippen LogP contribution < -0.4 is 12.3 Å². The van der Waals surface area contributed by atoms with Crippen LogP contribution in [-0.4, -0.2) is 13.2 Å². The third-order valence-corrected chi connectivity index (χ3v) is 0.471. The Kier molecular flexibility index (Phi) is 60.2. The Bertz CT molecular complexity index is 84.5. The van der Waals surface area contributed by atoms with Crippen LogP contribution in [0.15, 0.2) is 38.0 Å². The van der Waals surface area contributed by atoms with Crippen LogP contribution in [0.1, 0.15) is 6.92 Å². The van der Waals surface area contributed by atoms with Gasteiger partial charge in [-0.1, -0.05) is 18.2 Å². The average molecular weight is 174 g/mol. The van der Waals surface area contributed by atoms with Crippen LogP contribution in [0.4, 0.5) is 0 Å². The maximum absolute atomic E-state index is 4.90. The van der Waals surface area contributed by atoms with Gasteiger partial charge in [0.2, 0.25) is 0 Å². The summed E-state index contributed by atoms with van der Waals surface area (Å²) in [5.41, 5.74) is 0. The molecule has 0 aliphatic carbocycles. The molecule has 0 fully saturated rings. The van der Waals surface area contributed by atoms with Gasteiger partial charge in [-0.15, -0.1) is 19.7 Å². The first kappa shape index (κ1) is 22.5. The summed E-state index contributed by atoms with van der Waals surface area (Å²) in [5.74, 6) is 0. The summed E-state index contributed by atoms with van der Waals surface area (Å²) in [7, 11) is 0. The maximum atomic E-state index is 4.90. The topological polar surface area (TPSA) is 79.2 Å². The highest BCUT2D eigenvalue weighted by Gasteiger charge is 1.70. The van der Waals surface area contributed by atoms with Crippen molar-refractivity contribution in [2.24, 2.45) is 0 Å². The molecule has 0 aromatic rings. The summed E-state index contributed by atoms with van der Waals surface area (Å²) in [6, 6.07) is 0. The lowest BCUT2D eigenvalue weighted by molar-refractivity contribution is 0.194. The van der Waals surface area contributed by atoms with Crippen LogP contribution in [0, 0.1) is 0 Å². The minimum Gasteiger partial charge on any atom is -0.373 e. The fourth-order valence-electron chi connectivity index (χ4n) is 0.235. The van der Waals surface area contributed by atoms with Gasteiger partial charge < -0.3 is 17.0 Å². The predicted molar refractivity (Wildman–Crippen MR) is 57.1 cm³/mol. The molecule has 0 saturated heterocycles. The number of hydrogen-bond acceptors (Lipinski definition) is 3. The third kappa shape index (κ3) is 62.1. The van der Waals surface area contributed by atoms with Crippen molar-refractivity contribution in [2.75, 3.05) is 13.2 Å². The second kappa shape index (κ2) is 32.2. The summed E-state index contributed by atoms with van der Waals surface area (Å²) in [4.78, 5) is 0. The lowest BCUT2D eigenvalue weighted by Gasteiger charge is -1.89. The van der Waals surface area contributed by atoms with Gasteiger partial charge in [-0.2, -0.15) is 0 Å². The van der Waals surface area contributed by atoms with Crippen LogP contribution in [0.25, 0.3) is 0 Å². The number of ether oxygens (including phenoxy) is 1. The molecule has 3 heteroatoms. The van der Waals surface area contributed by atoms with Gasteiger partial charge in [-0.3, -0.25) is 0 Å². The lowest BCUT2D eigenvalue weighted by Crippen LogP contribution is -1.87. The van der Waals surface area contributed by atoms with Crippen LogP contribution in [-0.2, 0) is 4.74 Å². The molecule has 0 amide bonds. The van der Waals surface area contributed by atoms with E-state index in [1.165, 1.54) is 0 Å². The van der Waals surface area contributed by atoms with Gasteiger partial charge in [-0.25, -0.2) is 0 Å². The van der Waals surface area contributed by atoms with Crippen molar-refractivity contribution in [1.29, 1.82) is 0 Å². The van der Waals surface area contributed by atoms with Crippen molar-refractivity contribution in [3.8, 4) is 0 Å². The zero-order valence-electron chi connectivity index (χ0n) is 8.09. The quantitative estimate of drug-likeness (QED) is 0.508. The molecule has 6 N–H and O–H groups in total. The molecule has 0 aliphatic rings. The number of allylic oxidation sites excluding steroid dienone is 1. The highest BCUT2D eigenvalue weighted by Crippen LogP contribution is 1.72. The number of hydrogen-bond donors (Lipinski definition) is 2. The molecule has 3 nitrogen and oxygen atoms in total. The molecule has 0 rings (SSSR count). The smallest absolute Gasteiger partial charge is 0.0649 e. The fraction of sp³-hybridized carbons (Fsp3) is 0.333. The molecule has 0 aliphatic heterocycles. The first-order valence-corrected chi connectivity index (χ1v) is 3.20. The van der Waals surface area contributed by atoms with E-state index < -0.39 is 0 Å². The van der Waals surface area contributed by atoms with Crippen LogP contribution in [0.2, 0.25) is 0 Å². The van der Waals surface area contributed by atoms with Crippen molar-refractivity contribution in [1.82, 2.24) is 12.3 Å². The highest BCUT2D eigenvalue weighted by atomic mass is 16.5. The zero-order chi connectivity index (χ0) is 8.24. The van der Waals surface area contributed by atoms with E-state index in [1.54, 1.807) is 18.2 Å². The van der Waals surface area contributed by atoms with Gasteiger partial charge >= 0.3 is 0 Å². The SMILES string of the molecule is C=CC.C=CCOCC=C.N.N. The van der Waals surface area contributed by atoms with Crippen molar-refractivity contribution in [2.45, 2.75) is 6.92 Å². The minimum atomic E-state index is 0. The summed E-state index contributed by atoms with van der Waals surface area (Å²) in [5, 5.41) is 0. The fourth-order valence-corrected chi connectivity index (χ4v) is 0.235. The van der Waals surface area contributed by atoms with E-state index in [9.17, 15) is 0 Å². The van der Waals surface area contributed by atoms with Gasteiger partial charge in [0.1, 0.15) is 0 Å². The van der Waals surface area contributed by atoms with Gasteiger partial charge in [0.25, 0.3) is 0 Å². The molecule has 0 bridgehead atoms. The molecule has 74 valence electrons. The lowest BCUT2D eigenvalue weighted by atomic mass is 10.6. The highest BCUT2D eigenvalue weighted by molar-refractivity contribution is 4.68. The molecule has 0 atom stereocenters. The van der Waals surface area contributed by atoms with E-state index >= 15 is 0 Å². The van der Waals surface area contributed by atoms with E-state index in [-0.39, 0.29) is 12.3 Å². The standard InChI is InChI=1S/C6H10O.C3H6.2H3N/c1-3-5-7-6-4-2;1-3-2;;/h3-4H,1-2,5-6H2;3H,1H2,2H3;2*1H3. The van der Waals surface area contributed by atoms with E-state index in [4.69, 9.17) is 4.74 Å². The molecule has 12 heavy (non-hydrogen) atoms. The van der Waals surface area contributed by atoms with E-state index in [2.05, 4.69) is 19.7 Å². The van der Waals surface area contributed by atoms with Crippen LogP contribution in [0.3, 0.4) is 0 Å². The van der Waals surface area contributed by atoms with Gasteiger partial charge in [0.15, 0.2) is 0 Å². The van der Waals surface area contributed by atoms with Gasteiger partial charge in [-0.05, 0) is 6.92 Å². The Morgan fingerprint density at radius 1 is 1.00 bits per heavy atom. The first-order chi connectivity index (χ1) is 4.83. The molecule has 0 radical (unpaired) electrons. The van der Waals surface area contributed by atoms with Gasteiger partial charge in [0, 0.05) is 0 Å². The molecule has 0 saturated carbocycles. The monoisotopic (exact) mass is 174 g/mol. The number of rotatable bonds is 4. The Morgan fingerprint density at radius 3 is 1.42 bits per heavy atom. The van der Waals surface area contributed by atoms with Crippen molar-refractivity contribution in [3.05, 3.63) is 38.0 Å².